The second-order valence-corrected chi connectivity index (χ2v) is 7.25. The fourth-order valence-corrected chi connectivity index (χ4v) is 3.17. The SMILES string of the molecule is CSCCC(=O)OCCN1CCS(=O)(=O)CC1. The number of sulfone groups is 1. The predicted molar refractivity (Wildman–Crippen MR) is 69.1 cm³/mol. The molecule has 0 amide bonds. The standard InChI is InChI=1S/C10H19NO4S2/c1-16-7-2-10(12)15-6-3-11-4-8-17(13,14)9-5-11/h2-9H2,1H3. The molecule has 0 aliphatic carbocycles. The average molecular weight is 281 g/mol. The van der Waals surface area contributed by atoms with E-state index in [0.717, 1.165) is 5.75 Å². The van der Waals surface area contributed by atoms with Gasteiger partial charge < -0.3 is 4.74 Å². The average Bonchev–Trinajstić information content (AvgIpc) is 2.29. The van der Waals surface area contributed by atoms with E-state index in [-0.39, 0.29) is 17.5 Å². The molecule has 100 valence electrons. The van der Waals surface area contributed by atoms with Gasteiger partial charge in [0.05, 0.1) is 17.9 Å². The van der Waals surface area contributed by atoms with Crippen LogP contribution in [0.4, 0.5) is 0 Å². The van der Waals surface area contributed by atoms with E-state index in [2.05, 4.69) is 0 Å². The molecular formula is C10H19NO4S2. The molecule has 1 heterocycles. The van der Waals surface area contributed by atoms with Gasteiger partial charge in [-0.25, -0.2) is 8.42 Å². The van der Waals surface area contributed by atoms with Crippen molar-refractivity contribution in [2.75, 3.05) is 49.8 Å². The number of hydrogen-bond acceptors (Lipinski definition) is 6. The molecule has 1 fully saturated rings. The van der Waals surface area contributed by atoms with Gasteiger partial charge in [0.25, 0.3) is 0 Å². The molecule has 0 N–H and O–H groups in total. The largest absolute Gasteiger partial charge is 0.464 e. The second-order valence-electron chi connectivity index (χ2n) is 3.96. The third-order valence-electron chi connectivity index (χ3n) is 2.62. The first kappa shape index (κ1) is 14.8. The quantitative estimate of drug-likeness (QED) is 0.639. The Morgan fingerprint density at radius 2 is 2.00 bits per heavy atom. The van der Waals surface area contributed by atoms with E-state index < -0.39 is 9.84 Å². The van der Waals surface area contributed by atoms with E-state index >= 15 is 0 Å². The molecule has 0 aromatic rings. The van der Waals surface area contributed by atoms with Crippen LogP contribution >= 0.6 is 11.8 Å². The van der Waals surface area contributed by atoms with Crippen molar-refractivity contribution < 1.29 is 17.9 Å². The maximum Gasteiger partial charge on any atom is 0.306 e. The predicted octanol–water partition coefficient (Wildman–Crippen LogP) is 0.0131. The molecule has 1 rings (SSSR count). The van der Waals surface area contributed by atoms with E-state index in [4.69, 9.17) is 4.74 Å². The van der Waals surface area contributed by atoms with Crippen LogP contribution in [0.5, 0.6) is 0 Å². The van der Waals surface area contributed by atoms with Crippen molar-refractivity contribution in [2.45, 2.75) is 6.42 Å². The minimum Gasteiger partial charge on any atom is -0.464 e. The number of rotatable bonds is 6. The van der Waals surface area contributed by atoms with Crippen LogP contribution in [0.1, 0.15) is 6.42 Å². The Bertz CT molecular complexity index is 328. The van der Waals surface area contributed by atoms with Crippen LogP contribution in [-0.2, 0) is 19.4 Å². The van der Waals surface area contributed by atoms with Crippen LogP contribution in [0.3, 0.4) is 0 Å². The van der Waals surface area contributed by atoms with Gasteiger partial charge in [-0.3, -0.25) is 9.69 Å². The van der Waals surface area contributed by atoms with Gasteiger partial charge in [-0.2, -0.15) is 11.8 Å². The van der Waals surface area contributed by atoms with Crippen molar-refractivity contribution in [3.8, 4) is 0 Å². The van der Waals surface area contributed by atoms with Crippen LogP contribution in [-0.4, -0.2) is 69.0 Å². The normalized spacial score (nSPS) is 20.1. The highest BCUT2D eigenvalue weighted by atomic mass is 32.2. The number of thioether (sulfide) groups is 1. The summed E-state index contributed by atoms with van der Waals surface area (Å²) in [6, 6.07) is 0. The summed E-state index contributed by atoms with van der Waals surface area (Å²) in [6.07, 6.45) is 2.39. The molecule has 0 radical (unpaired) electrons. The first-order valence-corrected chi connectivity index (χ1v) is 8.82. The molecule has 0 unspecified atom stereocenters. The molecule has 0 atom stereocenters. The van der Waals surface area contributed by atoms with Gasteiger partial charge in [0, 0.05) is 25.4 Å². The molecule has 0 saturated carbocycles. The maximum atomic E-state index is 11.2. The zero-order valence-corrected chi connectivity index (χ0v) is 11.7. The van der Waals surface area contributed by atoms with Crippen LogP contribution < -0.4 is 0 Å². The van der Waals surface area contributed by atoms with E-state index in [9.17, 15) is 13.2 Å². The van der Waals surface area contributed by atoms with Gasteiger partial charge in [0.15, 0.2) is 9.84 Å². The Morgan fingerprint density at radius 3 is 2.59 bits per heavy atom. The highest BCUT2D eigenvalue weighted by Crippen LogP contribution is 2.03. The number of ether oxygens (including phenoxy) is 1. The lowest BCUT2D eigenvalue weighted by molar-refractivity contribution is -0.143. The van der Waals surface area contributed by atoms with Crippen molar-refractivity contribution in [2.24, 2.45) is 0 Å². The molecule has 17 heavy (non-hydrogen) atoms. The van der Waals surface area contributed by atoms with E-state index in [0.29, 0.717) is 32.7 Å². The van der Waals surface area contributed by atoms with E-state index in [1.807, 2.05) is 11.2 Å². The third kappa shape index (κ3) is 6.28. The first-order chi connectivity index (χ1) is 8.03. The Kier molecular flexibility index (Phi) is 6.29. The molecule has 0 spiro atoms. The summed E-state index contributed by atoms with van der Waals surface area (Å²) in [4.78, 5) is 13.2. The molecule has 5 nitrogen and oxygen atoms in total. The first-order valence-electron chi connectivity index (χ1n) is 5.61. The van der Waals surface area contributed by atoms with Gasteiger partial charge in [-0.05, 0) is 6.26 Å². The number of hydrogen-bond donors (Lipinski definition) is 0. The van der Waals surface area contributed by atoms with Crippen molar-refractivity contribution in [1.82, 2.24) is 4.90 Å². The molecule has 1 aliphatic rings. The van der Waals surface area contributed by atoms with Crippen LogP contribution in [0, 0.1) is 0 Å². The van der Waals surface area contributed by atoms with Crippen molar-refractivity contribution in [3.63, 3.8) is 0 Å². The summed E-state index contributed by atoms with van der Waals surface area (Å²) in [7, 11) is -2.82. The molecule has 1 aliphatic heterocycles. The summed E-state index contributed by atoms with van der Waals surface area (Å²) >= 11 is 1.61. The maximum absolute atomic E-state index is 11.2. The summed E-state index contributed by atoms with van der Waals surface area (Å²) in [5.74, 6) is 1.03. The van der Waals surface area contributed by atoms with E-state index in [1.54, 1.807) is 11.8 Å². The third-order valence-corrected chi connectivity index (χ3v) is 4.84. The van der Waals surface area contributed by atoms with Crippen molar-refractivity contribution in [3.05, 3.63) is 0 Å². The fourth-order valence-electron chi connectivity index (χ4n) is 1.52. The minimum atomic E-state index is -2.82. The zero-order chi connectivity index (χ0) is 12.7. The monoisotopic (exact) mass is 281 g/mol. The van der Waals surface area contributed by atoms with Crippen molar-refractivity contribution in [1.29, 1.82) is 0 Å². The lowest BCUT2D eigenvalue weighted by atomic mass is 10.4. The molecule has 0 bridgehead atoms. The van der Waals surface area contributed by atoms with Crippen LogP contribution in [0.2, 0.25) is 0 Å². The van der Waals surface area contributed by atoms with Gasteiger partial charge in [-0.15, -0.1) is 0 Å². The summed E-state index contributed by atoms with van der Waals surface area (Å²) in [5, 5.41) is 0. The Morgan fingerprint density at radius 1 is 1.35 bits per heavy atom. The number of carbonyl (C=O) groups is 1. The van der Waals surface area contributed by atoms with E-state index in [1.165, 1.54) is 0 Å². The topological polar surface area (TPSA) is 63.7 Å². The second kappa shape index (κ2) is 7.23. The Labute approximate surface area is 107 Å². The Balaban J connectivity index is 2.10. The van der Waals surface area contributed by atoms with Crippen LogP contribution in [0.15, 0.2) is 0 Å². The lowest BCUT2D eigenvalue weighted by Gasteiger charge is -2.25. The van der Waals surface area contributed by atoms with Crippen molar-refractivity contribution >= 4 is 27.6 Å². The fraction of sp³-hybridized carbons (Fsp3) is 0.900. The number of carbonyl (C=O) groups excluding carboxylic acids is 1. The summed E-state index contributed by atoms with van der Waals surface area (Å²) in [5.41, 5.74) is 0. The highest BCUT2D eigenvalue weighted by molar-refractivity contribution is 7.98. The molecule has 0 aromatic heterocycles. The molecule has 7 heteroatoms. The number of esters is 1. The van der Waals surface area contributed by atoms with Gasteiger partial charge in [0.2, 0.25) is 0 Å². The lowest BCUT2D eigenvalue weighted by Crippen LogP contribution is -2.41. The number of nitrogens with zero attached hydrogens (tertiary/aromatic N) is 1. The van der Waals surface area contributed by atoms with Gasteiger partial charge >= 0.3 is 5.97 Å². The van der Waals surface area contributed by atoms with Gasteiger partial charge in [-0.1, -0.05) is 0 Å². The van der Waals surface area contributed by atoms with Gasteiger partial charge in [0.1, 0.15) is 6.61 Å². The summed E-state index contributed by atoms with van der Waals surface area (Å²) in [6.45, 7) is 2.07. The Hall–Kier alpha value is -0.270. The molecular weight excluding hydrogens is 262 g/mol. The smallest absolute Gasteiger partial charge is 0.306 e. The molecule has 1 saturated heterocycles. The highest BCUT2D eigenvalue weighted by Gasteiger charge is 2.21. The summed E-state index contributed by atoms with van der Waals surface area (Å²) < 4.78 is 27.4. The zero-order valence-electron chi connectivity index (χ0n) is 10.1. The van der Waals surface area contributed by atoms with Crippen LogP contribution in [0.25, 0.3) is 0 Å². The molecule has 0 aromatic carbocycles. The minimum absolute atomic E-state index is 0.177.